The van der Waals surface area contributed by atoms with Gasteiger partial charge in [0.1, 0.15) is 0 Å². The molecule has 0 heterocycles. The number of benzene rings is 1. The number of allylic oxidation sites excluding steroid dienone is 1. The van der Waals surface area contributed by atoms with Crippen molar-refractivity contribution in [2.24, 2.45) is 0 Å². The summed E-state index contributed by atoms with van der Waals surface area (Å²) in [6, 6.07) is 9.60. The molecule has 0 aliphatic rings. The third kappa shape index (κ3) is 5.30. The van der Waals surface area contributed by atoms with Gasteiger partial charge in [-0.1, -0.05) is 77.3 Å². The van der Waals surface area contributed by atoms with Gasteiger partial charge in [0.25, 0.3) is 9.70 Å². The van der Waals surface area contributed by atoms with Crippen LogP contribution in [0.4, 0.5) is 0 Å². The minimum Gasteiger partial charge on any atom is -0.346 e. The van der Waals surface area contributed by atoms with Gasteiger partial charge >= 0.3 is 0 Å². The standard InChI is InChI=1S/C13H14Cl3NO/c1-2-6-11(17-12(18)13(14,15)16)9-10-7-4-3-5-8-10/h2-8,11H,9H2,1H3,(H,17,18)/b6-2+. The van der Waals surface area contributed by atoms with Crippen LogP contribution in [0.15, 0.2) is 42.5 Å². The van der Waals surface area contributed by atoms with E-state index in [1.54, 1.807) is 0 Å². The van der Waals surface area contributed by atoms with Gasteiger partial charge in [-0.3, -0.25) is 4.79 Å². The first-order chi connectivity index (χ1) is 8.43. The molecule has 1 rings (SSSR count). The second-order valence-electron chi connectivity index (χ2n) is 3.79. The first kappa shape index (κ1) is 15.4. The molecule has 0 fully saturated rings. The zero-order valence-corrected chi connectivity index (χ0v) is 12.1. The molecule has 0 radical (unpaired) electrons. The smallest absolute Gasteiger partial charge is 0.272 e. The number of hydrogen-bond acceptors (Lipinski definition) is 1. The molecule has 0 aliphatic heterocycles. The van der Waals surface area contributed by atoms with Crippen LogP contribution in [-0.2, 0) is 11.2 Å². The van der Waals surface area contributed by atoms with Gasteiger partial charge in [-0.25, -0.2) is 0 Å². The lowest BCUT2D eigenvalue weighted by molar-refractivity contribution is -0.120. The van der Waals surface area contributed by atoms with Crippen LogP contribution in [0.1, 0.15) is 12.5 Å². The van der Waals surface area contributed by atoms with Gasteiger partial charge in [0.15, 0.2) is 0 Å². The normalized spacial score (nSPS) is 13.6. The molecular weight excluding hydrogens is 293 g/mol. The number of rotatable bonds is 4. The Morgan fingerprint density at radius 1 is 1.33 bits per heavy atom. The number of alkyl halides is 3. The topological polar surface area (TPSA) is 29.1 Å². The fourth-order valence-electron chi connectivity index (χ4n) is 1.52. The largest absolute Gasteiger partial charge is 0.346 e. The summed E-state index contributed by atoms with van der Waals surface area (Å²) in [6.45, 7) is 1.87. The third-order valence-electron chi connectivity index (χ3n) is 2.30. The summed E-state index contributed by atoms with van der Waals surface area (Å²) in [5.41, 5.74) is 1.10. The van der Waals surface area contributed by atoms with Gasteiger partial charge in [-0.15, -0.1) is 0 Å². The number of hydrogen-bond donors (Lipinski definition) is 1. The summed E-state index contributed by atoms with van der Waals surface area (Å²) < 4.78 is -1.93. The van der Waals surface area contributed by atoms with Gasteiger partial charge in [-0.2, -0.15) is 0 Å². The van der Waals surface area contributed by atoms with E-state index in [0.29, 0.717) is 6.42 Å². The van der Waals surface area contributed by atoms with Crippen LogP contribution in [0.5, 0.6) is 0 Å². The highest BCUT2D eigenvalue weighted by Crippen LogP contribution is 2.26. The van der Waals surface area contributed by atoms with Gasteiger partial charge in [-0.05, 0) is 18.9 Å². The average Bonchev–Trinajstić information content (AvgIpc) is 2.29. The minimum atomic E-state index is -1.93. The van der Waals surface area contributed by atoms with Crippen molar-refractivity contribution in [3.05, 3.63) is 48.0 Å². The van der Waals surface area contributed by atoms with E-state index in [4.69, 9.17) is 34.8 Å². The number of nitrogens with one attached hydrogen (secondary N) is 1. The van der Waals surface area contributed by atoms with E-state index < -0.39 is 9.70 Å². The Morgan fingerprint density at radius 2 is 1.94 bits per heavy atom. The van der Waals surface area contributed by atoms with Gasteiger partial charge in [0.05, 0.1) is 6.04 Å². The van der Waals surface area contributed by atoms with E-state index in [1.165, 1.54) is 0 Å². The van der Waals surface area contributed by atoms with Crippen LogP contribution in [0, 0.1) is 0 Å². The summed E-state index contributed by atoms with van der Waals surface area (Å²) in [5, 5.41) is 2.68. The van der Waals surface area contributed by atoms with E-state index in [-0.39, 0.29) is 6.04 Å². The highest BCUT2D eigenvalue weighted by Gasteiger charge is 2.31. The van der Waals surface area contributed by atoms with Crippen LogP contribution in [0.2, 0.25) is 0 Å². The lowest BCUT2D eigenvalue weighted by Crippen LogP contribution is -2.41. The van der Waals surface area contributed by atoms with Crippen LogP contribution >= 0.6 is 34.8 Å². The van der Waals surface area contributed by atoms with E-state index >= 15 is 0 Å². The van der Waals surface area contributed by atoms with Gasteiger partial charge < -0.3 is 5.32 Å². The molecule has 5 heteroatoms. The molecule has 0 aromatic heterocycles. The molecule has 98 valence electrons. The second-order valence-corrected chi connectivity index (χ2v) is 6.07. The maximum atomic E-state index is 11.6. The van der Waals surface area contributed by atoms with Crippen LogP contribution < -0.4 is 5.32 Å². The Kier molecular flexibility index (Phi) is 6.00. The predicted molar refractivity (Wildman–Crippen MR) is 77.2 cm³/mol. The molecule has 0 saturated heterocycles. The molecule has 0 spiro atoms. The van der Waals surface area contributed by atoms with Crippen molar-refractivity contribution in [3.8, 4) is 0 Å². The molecule has 1 amide bonds. The summed E-state index contributed by atoms with van der Waals surface area (Å²) in [5.74, 6) is -0.619. The van der Waals surface area contributed by atoms with Crippen molar-refractivity contribution < 1.29 is 4.79 Å². The quantitative estimate of drug-likeness (QED) is 0.667. The van der Waals surface area contributed by atoms with E-state index in [9.17, 15) is 4.79 Å². The van der Waals surface area contributed by atoms with Crippen LogP contribution in [-0.4, -0.2) is 15.7 Å². The van der Waals surface area contributed by atoms with E-state index in [1.807, 2.05) is 49.4 Å². The van der Waals surface area contributed by atoms with Crippen molar-refractivity contribution in [2.75, 3.05) is 0 Å². The van der Waals surface area contributed by atoms with Crippen LogP contribution in [0.25, 0.3) is 0 Å². The molecule has 0 aliphatic carbocycles. The highest BCUT2D eigenvalue weighted by molar-refractivity contribution is 6.76. The Balaban J connectivity index is 2.70. The number of amides is 1. The number of carbonyl (C=O) groups excluding carboxylic acids is 1. The SMILES string of the molecule is C/C=C/C(Cc1ccccc1)NC(=O)C(Cl)(Cl)Cl. The zero-order valence-electron chi connectivity index (χ0n) is 9.87. The van der Waals surface area contributed by atoms with Crippen molar-refractivity contribution in [1.29, 1.82) is 0 Å². The summed E-state index contributed by atoms with van der Waals surface area (Å²) in [6.07, 6.45) is 4.37. The van der Waals surface area contributed by atoms with Crippen molar-refractivity contribution in [1.82, 2.24) is 5.32 Å². The molecule has 1 atom stereocenters. The Labute approximate surface area is 122 Å². The Hall–Kier alpha value is -0.700. The molecule has 0 bridgehead atoms. The fraction of sp³-hybridized carbons (Fsp3) is 0.308. The van der Waals surface area contributed by atoms with E-state index in [2.05, 4.69) is 5.32 Å². The Bertz CT molecular complexity index is 412. The highest BCUT2D eigenvalue weighted by atomic mass is 35.6. The predicted octanol–water partition coefficient (Wildman–Crippen LogP) is 3.66. The van der Waals surface area contributed by atoms with Crippen molar-refractivity contribution in [3.63, 3.8) is 0 Å². The number of carbonyl (C=O) groups is 1. The molecule has 0 saturated carbocycles. The lowest BCUT2D eigenvalue weighted by Gasteiger charge is -2.18. The average molecular weight is 307 g/mol. The molecular formula is C13H14Cl3NO. The molecule has 1 aromatic carbocycles. The first-order valence-corrected chi connectivity index (χ1v) is 6.61. The Morgan fingerprint density at radius 3 is 2.44 bits per heavy atom. The molecule has 1 unspecified atom stereocenters. The van der Waals surface area contributed by atoms with Crippen molar-refractivity contribution >= 4 is 40.7 Å². The first-order valence-electron chi connectivity index (χ1n) is 5.48. The van der Waals surface area contributed by atoms with Crippen LogP contribution in [0.3, 0.4) is 0 Å². The molecule has 1 aromatic rings. The minimum absolute atomic E-state index is 0.194. The molecule has 1 N–H and O–H groups in total. The summed E-state index contributed by atoms with van der Waals surface area (Å²) in [7, 11) is 0. The van der Waals surface area contributed by atoms with Gasteiger partial charge in [0, 0.05) is 0 Å². The van der Waals surface area contributed by atoms with Gasteiger partial charge in [0.2, 0.25) is 0 Å². The third-order valence-corrected chi connectivity index (χ3v) is 2.81. The maximum Gasteiger partial charge on any atom is 0.272 e. The fourth-order valence-corrected chi connectivity index (χ4v) is 1.68. The zero-order chi connectivity index (χ0) is 13.6. The van der Waals surface area contributed by atoms with Crippen molar-refractivity contribution in [2.45, 2.75) is 23.2 Å². The molecule has 2 nitrogen and oxygen atoms in total. The number of halogens is 3. The van der Waals surface area contributed by atoms with E-state index in [0.717, 1.165) is 5.56 Å². The summed E-state index contributed by atoms with van der Waals surface area (Å²) in [4.78, 5) is 11.6. The monoisotopic (exact) mass is 305 g/mol. The molecule has 18 heavy (non-hydrogen) atoms. The maximum absolute atomic E-state index is 11.6. The second kappa shape index (κ2) is 7.03. The summed E-state index contributed by atoms with van der Waals surface area (Å²) >= 11 is 16.6. The lowest BCUT2D eigenvalue weighted by atomic mass is 10.1.